The van der Waals surface area contributed by atoms with E-state index in [1.54, 1.807) is 43.5 Å². The first kappa shape index (κ1) is 20.6. The highest BCUT2D eigenvalue weighted by Gasteiger charge is 2.30. The van der Waals surface area contributed by atoms with Crippen molar-refractivity contribution in [3.8, 4) is 0 Å². The number of rotatable bonds is 8. The summed E-state index contributed by atoms with van der Waals surface area (Å²) < 4.78 is 5.00. The van der Waals surface area contributed by atoms with Crippen LogP contribution in [-0.4, -0.2) is 52.5 Å². The molecule has 0 atom stereocenters. The first-order valence-corrected chi connectivity index (χ1v) is 9.70. The van der Waals surface area contributed by atoms with Crippen molar-refractivity contribution >= 4 is 35.2 Å². The quantitative estimate of drug-likeness (QED) is 0.500. The molecular weight excluding hydrogens is 394 g/mol. The summed E-state index contributed by atoms with van der Waals surface area (Å²) in [5.41, 5.74) is 1.19. The number of nitrogens with zero attached hydrogens (tertiary/aromatic N) is 2. The molecule has 1 aliphatic heterocycles. The van der Waals surface area contributed by atoms with Gasteiger partial charge in [-0.15, -0.1) is 0 Å². The van der Waals surface area contributed by atoms with Crippen LogP contribution in [0, 0.1) is 0 Å². The molecule has 2 aromatic rings. The summed E-state index contributed by atoms with van der Waals surface area (Å²) in [6, 6.07) is 10.5. The minimum Gasteiger partial charge on any atom is -0.462 e. The Morgan fingerprint density at radius 3 is 2.86 bits per heavy atom. The van der Waals surface area contributed by atoms with E-state index < -0.39 is 17.8 Å². The summed E-state index contributed by atoms with van der Waals surface area (Å²) in [6.45, 7) is 1.71. The first-order chi connectivity index (χ1) is 14.0. The second kappa shape index (κ2) is 9.35. The molecule has 0 fully saturated rings. The third-order valence-corrected chi connectivity index (χ3v) is 4.84. The molecule has 1 aromatic heterocycles. The molecule has 0 bridgehead atoms. The maximum absolute atomic E-state index is 12.2. The zero-order valence-electron chi connectivity index (χ0n) is 15.6. The van der Waals surface area contributed by atoms with E-state index in [-0.39, 0.29) is 18.8 Å². The molecule has 0 spiro atoms. The molecule has 0 unspecified atom stereocenters. The molecule has 1 aliphatic rings. The highest BCUT2D eigenvalue weighted by molar-refractivity contribution is 7.99. The lowest BCUT2D eigenvalue weighted by Gasteiger charge is -2.13. The zero-order valence-corrected chi connectivity index (χ0v) is 16.4. The number of aliphatic hydroxyl groups excluding tert-OH is 1. The van der Waals surface area contributed by atoms with Gasteiger partial charge in [0.1, 0.15) is 10.7 Å². The minimum absolute atomic E-state index is 0.0439. The van der Waals surface area contributed by atoms with Gasteiger partial charge in [0.15, 0.2) is 0 Å². The van der Waals surface area contributed by atoms with Crippen molar-refractivity contribution in [3.63, 3.8) is 0 Å². The fraction of sp³-hybridized carbons (Fsp3) is 0.200. The van der Waals surface area contributed by atoms with Gasteiger partial charge in [0.25, 0.3) is 11.8 Å². The van der Waals surface area contributed by atoms with Crippen molar-refractivity contribution in [2.45, 2.75) is 16.8 Å². The maximum Gasteiger partial charge on any atom is 0.338 e. The molecule has 8 nitrogen and oxygen atoms in total. The van der Waals surface area contributed by atoms with Crippen molar-refractivity contribution in [2.75, 3.05) is 25.1 Å². The van der Waals surface area contributed by atoms with Gasteiger partial charge in [0.05, 0.1) is 25.3 Å². The Morgan fingerprint density at radius 1 is 1.28 bits per heavy atom. The van der Waals surface area contributed by atoms with Gasteiger partial charge in [-0.25, -0.2) is 9.78 Å². The first-order valence-electron chi connectivity index (χ1n) is 8.88. The van der Waals surface area contributed by atoms with E-state index in [2.05, 4.69) is 10.3 Å². The van der Waals surface area contributed by atoms with Crippen LogP contribution in [0.4, 0.5) is 5.69 Å². The molecule has 3 rings (SSSR count). The number of imide groups is 1. The second-order valence-electron chi connectivity index (χ2n) is 5.93. The maximum atomic E-state index is 12.2. The predicted molar refractivity (Wildman–Crippen MR) is 106 cm³/mol. The van der Waals surface area contributed by atoms with Crippen LogP contribution in [0.2, 0.25) is 0 Å². The zero-order chi connectivity index (χ0) is 20.8. The van der Waals surface area contributed by atoms with Crippen LogP contribution in [0.3, 0.4) is 0 Å². The van der Waals surface area contributed by atoms with Crippen LogP contribution in [0.25, 0.3) is 0 Å². The van der Waals surface area contributed by atoms with Gasteiger partial charge in [0.2, 0.25) is 0 Å². The molecule has 0 radical (unpaired) electrons. The number of carbonyl (C=O) groups is 3. The van der Waals surface area contributed by atoms with Crippen LogP contribution < -0.4 is 5.32 Å². The Morgan fingerprint density at radius 2 is 2.10 bits per heavy atom. The van der Waals surface area contributed by atoms with E-state index in [0.717, 1.165) is 9.80 Å². The SMILES string of the molecule is CCOC(=O)c1ccnc(Sc2cccc(NC3=CC(=O)N(CCO)C3=O)c2)c1. The van der Waals surface area contributed by atoms with Gasteiger partial charge < -0.3 is 15.2 Å². The van der Waals surface area contributed by atoms with E-state index in [4.69, 9.17) is 9.84 Å². The number of β-amino-alcohol motifs (C(OH)–C–C–N with tert-alkyl or cyclic N) is 1. The molecule has 2 N–H and O–H groups in total. The Balaban J connectivity index is 1.72. The summed E-state index contributed by atoms with van der Waals surface area (Å²) in [5, 5.41) is 12.5. The van der Waals surface area contributed by atoms with Crippen LogP contribution in [0.15, 0.2) is 64.3 Å². The lowest BCUT2D eigenvalue weighted by Crippen LogP contribution is -2.34. The molecule has 9 heteroatoms. The van der Waals surface area contributed by atoms with Crippen molar-refractivity contribution in [2.24, 2.45) is 0 Å². The summed E-state index contributed by atoms with van der Waals surface area (Å²) in [7, 11) is 0. The summed E-state index contributed by atoms with van der Waals surface area (Å²) in [4.78, 5) is 42.0. The van der Waals surface area contributed by atoms with Crippen molar-refractivity contribution in [1.82, 2.24) is 9.88 Å². The van der Waals surface area contributed by atoms with Crippen LogP contribution >= 0.6 is 11.8 Å². The van der Waals surface area contributed by atoms with Crippen molar-refractivity contribution in [3.05, 3.63) is 59.9 Å². The number of hydrogen-bond acceptors (Lipinski definition) is 8. The van der Waals surface area contributed by atoms with Crippen LogP contribution in [-0.2, 0) is 14.3 Å². The average Bonchev–Trinajstić information content (AvgIpc) is 2.96. The molecule has 2 amide bonds. The van der Waals surface area contributed by atoms with E-state index in [1.807, 2.05) is 6.07 Å². The highest BCUT2D eigenvalue weighted by Crippen LogP contribution is 2.29. The Bertz CT molecular complexity index is 976. The molecule has 0 saturated carbocycles. The Kier molecular flexibility index (Phi) is 6.63. The predicted octanol–water partition coefficient (Wildman–Crippen LogP) is 2.07. The van der Waals surface area contributed by atoms with E-state index >= 15 is 0 Å². The standard InChI is InChI=1S/C20H19N3O5S/c1-2-28-20(27)13-6-7-21-17(10-13)29-15-5-3-4-14(11-15)22-16-12-18(25)23(8-9-24)19(16)26/h3-7,10-12,22,24H,2,8-9H2,1H3. The normalized spacial score (nSPS) is 13.4. The molecule has 0 saturated heterocycles. The second-order valence-corrected chi connectivity index (χ2v) is 7.03. The highest BCUT2D eigenvalue weighted by atomic mass is 32.2. The molecule has 150 valence electrons. The number of aliphatic hydroxyl groups is 1. The van der Waals surface area contributed by atoms with Gasteiger partial charge in [-0.3, -0.25) is 14.5 Å². The van der Waals surface area contributed by atoms with Gasteiger partial charge in [-0.2, -0.15) is 0 Å². The molecular formula is C20H19N3O5S. The number of esters is 1. The van der Waals surface area contributed by atoms with Gasteiger partial charge in [-0.1, -0.05) is 17.8 Å². The largest absolute Gasteiger partial charge is 0.462 e. The number of pyridine rings is 1. The fourth-order valence-corrected chi connectivity index (χ4v) is 3.50. The number of aromatic nitrogens is 1. The fourth-order valence-electron chi connectivity index (χ4n) is 2.63. The number of amides is 2. The van der Waals surface area contributed by atoms with E-state index in [1.165, 1.54) is 17.8 Å². The van der Waals surface area contributed by atoms with Crippen LogP contribution in [0.1, 0.15) is 17.3 Å². The number of anilines is 1. The van der Waals surface area contributed by atoms with E-state index in [0.29, 0.717) is 22.9 Å². The minimum atomic E-state index is -0.481. The average molecular weight is 413 g/mol. The third-order valence-electron chi connectivity index (χ3n) is 3.91. The number of hydrogen-bond donors (Lipinski definition) is 2. The summed E-state index contributed by atoms with van der Waals surface area (Å²) in [5.74, 6) is -1.35. The van der Waals surface area contributed by atoms with Gasteiger partial charge in [-0.05, 0) is 37.3 Å². The third kappa shape index (κ3) is 5.01. The molecule has 0 aliphatic carbocycles. The van der Waals surface area contributed by atoms with Crippen molar-refractivity contribution in [1.29, 1.82) is 0 Å². The number of ether oxygens (including phenoxy) is 1. The molecule has 29 heavy (non-hydrogen) atoms. The van der Waals surface area contributed by atoms with E-state index in [9.17, 15) is 14.4 Å². The summed E-state index contributed by atoms with van der Waals surface area (Å²) >= 11 is 1.35. The number of benzene rings is 1. The summed E-state index contributed by atoms with van der Waals surface area (Å²) in [6.07, 6.45) is 2.75. The number of nitrogens with one attached hydrogen (secondary N) is 1. The van der Waals surface area contributed by atoms with Gasteiger partial charge >= 0.3 is 5.97 Å². The van der Waals surface area contributed by atoms with Crippen molar-refractivity contribution < 1.29 is 24.2 Å². The molecule has 2 heterocycles. The molecule has 1 aromatic carbocycles. The Labute approximate surface area is 171 Å². The Hall–Kier alpha value is -3.17. The topological polar surface area (TPSA) is 109 Å². The number of carbonyl (C=O) groups excluding carboxylic acids is 3. The smallest absolute Gasteiger partial charge is 0.338 e. The van der Waals surface area contributed by atoms with Crippen LogP contribution in [0.5, 0.6) is 0 Å². The van der Waals surface area contributed by atoms with Gasteiger partial charge in [0, 0.05) is 22.9 Å². The lowest BCUT2D eigenvalue weighted by atomic mass is 10.3. The monoisotopic (exact) mass is 413 g/mol. The lowest BCUT2D eigenvalue weighted by molar-refractivity contribution is -0.137.